The van der Waals surface area contributed by atoms with E-state index in [-0.39, 0.29) is 0 Å². The van der Waals surface area contributed by atoms with Gasteiger partial charge < -0.3 is 15.0 Å². The van der Waals surface area contributed by atoms with E-state index in [1.165, 1.54) is 51.6 Å². The Morgan fingerprint density at radius 1 is 1.06 bits per heavy atom. The average Bonchev–Trinajstić information content (AvgIpc) is 2.64. The lowest BCUT2D eigenvalue weighted by molar-refractivity contribution is 0.0536. The Morgan fingerprint density at radius 2 is 1.78 bits per heavy atom. The van der Waals surface area contributed by atoms with Gasteiger partial charge >= 0.3 is 0 Å². The molecule has 2 bridgehead atoms. The number of hydrogen-bond donors (Lipinski definition) is 1. The predicted octanol–water partition coefficient (Wildman–Crippen LogP) is 1.88. The van der Waals surface area contributed by atoms with E-state index in [1.807, 2.05) is 0 Å². The number of nitrogens with one attached hydrogen (secondary N) is 1. The molecule has 0 aromatic heterocycles. The maximum absolute atomic E-state index is 5.54. The van der Waals surface area contributed by atoms with Gasteiger partial charge in [-0.2, -0.15) is 0 Å². The Kier molecular flexibility index (Phi) is 4.22. The largest absolute Gasteiger partial charge is 0.381 e. The van der Waals surface area contributed by atoms with Gasteiger partial charge in [0.15, 0.2) is 0 Å². The molecule has 3 saturated heterocycles. The predicted molar refractivity (Wildman–Crippen MR) is 73.7 cm³/mol. The standard InChI is InChI=1S/C15H28N2O/c1-17-14-4-5-15(17)8-13(7-14)10-16-9-12-3-2-6-18-11-12/h12-16H,2-11H2,1H3. The molecule has 0 saturated carbocycles. The summed E-state index contributed by atoms with van der Waals surface area (Å²) in [6, 6.07) is 1.77. The van der Waals surface area contributed by atoms with Crippen LogP contribution in [0.25, 0.3) is 0 Å². The molecule has 0 aromatic carbocycles. The molecule has 1 N–H and O–H groups in total. The molecule has 3 heterocycles. The summed E-state index contributed by atoms with van der Waals surface area (Å²) in [7, 11) is 2.32. The van der Waals surface area contributed by atoms with Crippen molar-refractivity contribution in [1.29, 1.82) is 0 Å². The Labute approximate surface area is 111 Å². The van der Waals surface area contributed by atoms with Crippen LogP contribution in [0.5, 0.6) is 0 Å². The van der Waals surface area contributed by atoms with E-state index in [2.05, 4.69) is 17.3 Å². The Balaban J connectivity index is 1.36. The molecule has 3 rings (SSSR count). The van der Waals surface area contributed by atoms with Gasteiger partial charge in [0.25, 0.3) is 0 Å². The molecule has 3 heteroatoms. The fourth-order valence-electron chi connectivity index (χ4n) is 4.15. The molecule has 3 unspecified atom stereocenters. The summed E-state index contributed by atoms with van der Waals surface area (Å²) >= 11 is 0. The average molecular weight is 252 g/mol. The monoisotopic (exact) mass is 252 g/mol. The number of fused-ring (bicyclic) bond motifs is 2. The molecule has 0 aliphatic carbocycles. The van der Waals surface area contributed by atoms with Gasteiger partial charge in [0, 0.05) is 25.2 Å². The number of ether oxygens (including phenoxy) is 1. The molecule has 0 amide bonds. The summed E-state index contributed by atoms with van der Waals surface area (Å²) in [4.78, 5) is 2.63. The number of piperidine rings is 1. The van der Waals surface area contributed by atoms with E-state index < -0.39 is 0 Å². The van der Waals surface area contributed by atoms with Crippen LogP contribution in [0.2, 0.25) is 0 Å². The lowest BCUT2D eigenvalue weighted by Crippen LogP contribution is -2.43. The second-order valence-electron chi connectivity index (χ2n) is 6.63. The van der Waals surface area contributed by atoms with Crippen LogP contribution in [0, 0.1) is 11.8 Å². The molecule has 3 atom stereocenters. The van der Waals surface area contributed by atoms with E-state index >= 15 is 0 Å². The van der Waals surface area contributed by atoms with Crippen LogP contribution in [0.1, 0.15) is 38.5 Å². The lowest BCUT2D eigenvalue weighted by Gasteiger charge is -2.36. The second kappa shape index (κ2) is 5.89. The third kappa shape index (κ3) is 2.89. The Hall–Kier alpha value is -0.120. The van der Waals surface area contributed by atoms with Gasteiger partial charge in [0.2, 0.25) is 0 Å². The fraction of sp³-hybridized carbons (Fsp3) is 1.00. The molecule has 18 heavy (non-hydrogen) atoms. The van der Waals surface area contributed by atoms with Crippen molar-refractivity contribution >= 4 is 0 Å². The maximum Gasteiger partial charge on any atom is 0.0506 e. The van der Waals surface area contributed by atoms with Gasteiger partial charge in [-0.1, -0.05) is 0 Å². The number of hydrogen-bond acceptors (Lipinski definition) is 3. The zero-order valence-corrected chi connectivity index (χ0v) is 11.7. The molecule has 0 aromatic rings. The Morgan fingerprint density at radius 3 is 2.44 bits per heavy atom. The van der Waals surface area contributed by atoms with Crippen molar-refractivity contribution in [3.8, 4) is 0 Å². The highest BCUT2D eigenvalue weighted by atomic mass is 16.5. The van der Waals surface area contributed by atoms with Crippen LogP contribution in [0.3, 0.4) is 0 Å². The van der Waals surface area contributed by atoms with Crippen LogP contribution < -0.4 is 5.32 Å². The summed E-state index contributed by atoms with van der Waals surface area (Å²) in [5, 5.41) is 3.71. The first kappa shape index (κ1) is 12.9. The van der Waals surface area contributed by atoms with Crippen LogP contribution in [0.4, 0.5) is 0 Å². The van der Waals surface area contributed by atoms with Crippen LogP contribution in [0.15, 0.2) is 0 Å². The van der Waals surface area contributed by atoms with Gasteiger partial charge in [-0.25, -0.2) is 0 Å². The first-order valence-corrected chi connectivity index (χ1v) is 7.83. The SMILES string of the molecule is CN1C2CCC1CC(CNCC1CCCOC1)C2. The van der Waals surface area contributed by atoms with Gasteiger partial charge in [-0.05, 0) is 64.0 Å². The normalized spacial score (nSPS) is 41.2. The Bertz CT molecular complexity index is 251. The summed E-state index contributed by atoms with van der Waals surface area (Å²) in [6.07, 6.45) is 8.32. The highest BCUT2D eigenvalue weighted by Crippen LogP contribution is 2.37. The van der Waals surface area contributed by atoms with Crippen LogP contribution in [-0.4, -0.2) is 50.3 Å². The van der Waals surface area contributed by atoms with Crippen molar-refractivity contribution in [3.63, 3.8) is 0 Å². The highest BCUT2D eigenvalue weighted by molar-refractivity contribution is 4.93. The van der Waals surface area contributed by atoms with E-state index in [0.717, 1.165) is 37.1 Å². The van der Waals surface area contributed by atoms with Crippen molar-refractivity contribution in [3.05, 3.63) is 0 Å². The van der Waals surface area contributed by atoms with Gasteiger partial charge in [-0.3, -0.25) is 0 Å². The summed E-state index contributed by atoms with van der Waals surface area (Å²) in [5.74, 6) is 1.69. The molecular formula is C15H28N2O. The van der Waals surface area contributed by atoms with Crippen molar-refractivity contribution < 1.29 is 4.74 Å². The van der Waals surface area contributed by atoms with E-state index in [0.29, 0.717) is 0 Å². The molecular weight excluding hydrogens is 224 g/mol. The molecule has 3 aliphatic heterocycles. The molecule has 0 radical (unpaired) electrons. The minimum Gasteiger partial charge on any atom is -0.381 e. The molecule has 3 nitrogen and oxygen atoms in total. The van der Waals surface area contributed by atoms with Crippen molar-refractivity contribution in [2.24, 2.45) is 11.8 Å². The maximum atomic E-state index is 5.54. The zero-order chi connectivity index (χ0) is 12.4. The summed E-state index contributed by atoms with van der Waals surface area (Å²) in [5.41, 5.74) is 0. The van der Waals surface area contributed by atoms with Gasteiger partial charge in [0.05, 0.1) is 6.61 Å². The van der Waals surface area contributed by atoms with Crippen LogP contribution in [-0.2, 0) is 4.74 Å². The van der Waals surface area contributed by atoms with Crippen molar-refractivity contribution in [1.82, 2.24) is 10.2 Å². The van der Waals surface area contributed by atoms with Gasteiger partial charge in [-0.15, -0.1) is 0 Å². The van der Waals surface area contributed by atoms with Gasteiger partial charge in [0.1, 0.15) is 0 Å². The van der Waals surface area contributed by atoms with E-state index in [9.17, 15) is 0 Å². The highest BCUT2D eigenvalue weighted by Gasteiger charge is 2.37. The van der Waals surface area contributed by atoms with Crippen molar-refractivity contribution in [2.45, 2.75) is 50.6 Å². The minimum atomic E-state index is 0.765. The molecule has 3 fully saturated rings. The second-order valence-corrected chi connectivity index (χ2v) is 6.63. The van der Waals surface area contributed by atoms with E-state index in [4.69, 9.17) is 4.74 Å². The first-order chi connectivity index (χ1) is 8.83. The third-order valence-electron chi connectivity index (χ3n) is 5.32. The fourth-order valence-corrected chi connectivity index (χ4v) is 4.15. The zero-order valence-electron chi connectivity index (χ0n) is 11.7. The quantitative estimate of drug-likeness (QED) is 0.827. The molecule has 3 aliphatic rings. The first-order valence-electron chi connectivity index (χ1n) is 7.83. The van der Waals surface area contributed by atoms with Crippen molar-refractivity contribution in [2.75, 3.05) is 33.4 Å². The summed E-state index contributed by atoms with van der Waals surface area (Å²) < 4.78 is 5.54. The number of rotatable bonds is 4. The number of nitrogens with zero attached hydrogens (tertiary/aromatic N) is 1. The lowest BCUT2D eigenvalue weighted by atomic mass is 9.91. The van der Waals surface area contributed by atoms with Crippen LogP contribution >= 0.6 is 0 Å². The minimum absolute atomic E-state index is 0.765. The third-order valence-corrected chi connectivity index (χ3v) is 5.32. The van der Waals surface area contributed by atoms with E-state index in [1.54, 1.807) is 0 Å². The summed E-state index contributed by atoms with van der Waals surface area (Å²) in [6.45, 7) is 4.36. The molecule has 0 spiro atoms. The topological polar surface area (TPSA) is 24.5 Å². The molecule has 104 valence electrons. The smallest absolute Gasteiger partial charge is 0.0506 e.